The number of benzene rings is 4. The quantitative estimate of drug-likeness (QED) is 0.232. The maximum absolute atomic E-state index is 14.4. The van der Waals surface area contributed by atoms with Crippen LogP contribution in [0.2, 0.25) is 0 Å². The van der Waals surface area contributed by atoms with Gasteiger partial charge in [0.15, 0.2) is 0 Å². The van der Waals surface area contributed by atoms with Crippen molar-refractivity contribution in [2.45, 2.75) is 20.0 Å². The average Bonchev–Trinajstić information content (AvgIpc) is 3.33. The lowest BCUT2D eigenvalue weighted by Gasteiger charge is -2.14. The molecule has 1 aliphatic heterocycles. The monoisotopic (exact) mass is 506 g/mol. The third-order valence-electron chi connectivity index (χ3n) is 6.92. The van der Waals surface area contributed by atoms with E-state index in [-0.39, 0.29) is 23.5 Å². The van der Waals surface area contributed by atoms with Crippen LogP contribution < -0.4 is 0 Å². The van der Waals surface area contributed by atoms with Gasteiger partial charge >= 0.3 is 0 Å². The Morgan fingerprint density at radius 1 is 0.784 bits per heavy atom. The first kappa shape index (κ1) is 23.3. The number of imide groups is 1. The lowest BCUT2D eigenvalue weighted by Crippen LogP contribution is -2.27. The highest BCUT2D eigenvalue weighted by molar-refractivity contribution is 8.18. The fraction of sp³-hybridized carbons (Fsp3) is 0.0968. The summed E-state index contributed by atoms with van der Waals surface area (Å²) in [6.07, 6.45) is 1.81. The second-order valence-electron chi connectivity index (χ2n) is 9.10. The van der Waals surface area contributed by atoms with Gasteiger partial charge in [-0.05, 0) is 53.2 Å². The molecule has 4 nitrogen and oxygen atoms in total. The van der Waals surface area contributed by atoms with Crippen LogP contribution in [0.3, 0.4) is 0 Å². The molecule has 2 heterocycles. The van der Waals surface area contributed by atoms with Gasteiger partial charge < -0.3 is 4.57 Å². The van der Waals surface area contributed by atoms with E-state index in [1.807, 2.05) is 85.8 Å². The molecule has 37 heavy (non-hydrogen) atoms. The minimum Gasteiger partial charge on any atom is -0.340 e. The van der Waals surface area contributed by atoms with Crippen LogP contribution in [0.4, 0.5) is 9.18 Å². The predicted octanol–water partition coefficient (Wildman–Crippen LogP) is 7.53. The molecule has 1 aliphatic rings. The molecule has 4 aromatic carbocycles. The molecule has 6 rings (SSSR count). The molecular formula is C31H23FN2O2S. The van der Waals surface area contributed by atoms with Gasteiger partial charge in [-0.3, -0.25) is 14.5 Å². The standard InChI is InChI=1S/C31H23FN2O2S/c1-20-26(25-14-5-7-16-28(25)33(20)19-23-10-3-6-15-27(23)32)17-29-30(35)34(31(36)37-29)18-22-12-8-11-21-9-2-4-13-24(21)22/h2-17H,18-19H2,1H3/b29-17-. The summed E-state index contributed by atoms with van der Waals surface area (Å²) in [5.74, 6) is -0.552. The molecule has 182 valence electrons. The number of halogens is 1. The van der Waals surface area contributed by atoms with E-state index in [1.165, 1.54) is 11.0 Å². The van der Waals surface area contributed by atoms with Crippen LogP contribution in [0.25, 0.3) is 27.8 Å². The highest BCUT2D eigenvalue weighted by Gasteiger charge is 2.35. The zero-order valence-corrected chi connectivity index (χ0v) is 21.0. The van der Waals surface area contributed by atoms with Crippen molar-refractivity contribution >= 4 is 50.7 Å². The molecule has 0 bridgehead atoms. The van der Waals surface area contributed by atoms with Crippen molar-refractivity contribution in [1.29, 1.82) is 0 Å². The largest absolute Gasteiger partial charge is 0.340 e. The molecule has 1 aromatic heterocycles. The first-order valence-corrected chi connectivity index (χ1v) is 12.9. The van der Waals surface area contributed by atoms with E-state index in [0.29, 0.717) is 17.0 Å². The lowest BCUT2D eigenvalue weighted by atomic mass is 10.0. The fourth-order valence-corrected chi connectivity index (χ4v) is 5.83. The Kier molecular flexibility index (Phi) is 5.89. The highest BCUT2D eigenvalue weighted by atomic mass is 32.2. The third-order valence-corrected chi connectivity index (χ3v) is 7.83. The number of amides is 2. The SMILES string of the molecule is Cc1c(/C=C2\SC(=O)N(Cc3cccc4ccccc34)C2=O)c2ccccc2n1Cc1ccccc1F. The molecular weight excluding hydrogens is 483 g/mol. The summed E-state index contributed by atoms with van der Waals surface area (Å²) in [6.45, 7) is 2.56. The van der Waals surface area contributed by atoms with Gasteiger partial charge in [-0.15, -0.1) is 0 Å². The van der Waals surface area contributed by atoms with Crippen molar-refractivity contribution in [2.75, 3.05) is 0 Å². The van der Waals surface area contributed by atoms with Gasteiger partial charge in [0, 0.05) is 27.7 Å². The predicted molar refractivity (Wildman–Crippen MR) is 148 cm³/mol. The molecule has 1 fully saturated rings. The molecule has 1 saturated heterocycles. The Hall–Kier alpha value is -4.16. The number of hydrogen-bond acceptors (Lipinski definition) is 3. The van der Waals surface area contributed by atoms with E-state index >= 15 is 0 Å². The van der Waals surface area contributed by atoms with Gasteiger partial charge in [0.2, 0.25) is 0 Å². The number of carbonyl (C=O) groups excluding carboxylic acids is 2. The second-order valence-corrected chi connectivity index (χ2v) is 10.1. The van der Waals surface area contributed by atoms with Crippen LogP contribution >= 0.6 is 11.8 Å². The van der Waals surface area contributed by atoms with E-state index in [9.17, 15) is 14.0 Å². The first-order valence-electron chi connectivity index (χ1n) is 12.0. The summed E-state index contributed by atoms with van der Waals surface area (Å²) in [6, 6.07) is 28.5. The Bertz CT molecular complexity index is 1730. The van der Waals surface area contributed by atoms with Gasteiger partial charge in [0.25, 0.3) is 11.1 Å². The summed E-state index contributed by atoms with van der Waals surface area (Å²) in [5.41, 5.74) is 4.24. The molecule has 6 heteroatoms. The Balaban J connectivity index is 1.37. The third kappa shape index (κ3) is 4.13. The Morgan fingerprint density at radius 2 is 1.46 bits per heavy atom. The summed E-state index contributed by atoms with van der Waals surface area (Å²) in [5, 5.41) is 2.77. The molecule has 0 aliphatic carbocycles. The summed E-state index contributed by atoms with van der Waals surface area (Å²) < 4.78 is 16.5. The van der Waals surface area contributed by atoms with Crippen LogP contribution in [0.15, 0.2) is 95.9 Å². The fourth-order valence-electron chi connectivity index (χ4n) is 5.01. The molecule has 0 saturated carbocycles. The van der Waals surface area contributed by atoms with Crippen LogP contribution in [-0.4, -0.2) is 20.6 Å². The van der Waals surface area contributed by atoms with Gasteiger partial charge in [0.1, 0.15) is 5.82 Å². The molecule has 0 atom stereocenters. The van der Waals surface area contributed by atoms with Crippen molar-refractivity contribution in [3.8, 4) is 0 Å². The number of para-hydroxylation sites is 1. The van der Waals surface area contributed by atoms with Gasteiger partial charge in [-0.1, -0.05) is 78.9 Å². The zero-order chi connectivity index (χ0) is 25.5. The van der Waals surface area contributed by atoms with Crippen LogP contribution in [0.1, 0.15) is 22.4 Å². The normalized spacial score (nSPS) is 15.0. The Morgan fingerprint density at radius 3 is 2.30 bits per heavy atom. The van der Waals surface area contributed by atoms with Crippen LogP contribution in [0, 0.1) is 12.7 Å². The minimum atomic E-state index is -0.298. The number of thioether (sulfide) groups is 1. The van der Waals surface area contributed by atoms with E-state index in [1.54, 1.807) is 12.1 Å². The molecule has 0 unspecified atom stereocenters. The van der Waals surface area contributed by atoms with Crippen molar-refractivity contribution in [3.05, 3.63) is 124 Å². The van der Waals surface area contributed by atoms with Gasteiger partial charge in [-0.2, -0.15) is 0 Å². The van der Waals surface area contributed by atoms with Crippen molar-refractivity contribution < 1.29 is 14.0 Å². The molecule has 2 amide bonds. The first-order chi connectivity index (χ1) is 18.0. The number of rotatable bonds is 5. The minimum absolute atomic E-state index is 0.220. The maximum atomic E-state index is 14.4. The van der Waals surface area contributed by atoms with Crippen LogP contribution in [0.5, 0.6) is 0 Å². The smallest absolute Gasteiger partial charge is 0.293 e. The lowest BCUT2D eigenvalue weighted by molar-refractivity contribution is -0.123. The average molecular weight is 507 g/mol. The summed E-state index contributed by atoms with van der Waals surface area (Å²) in [4.78, 5) is 28.1. The summed E-state index contributed by atoms with van der Waals surface area (Å²) >= 11 is 0.963. The number of aromatic nitrogens is 1. The van der Waals surface area contributed by atoms with Gasteiger partial charge in [-0.25, -0.2) is 4.39 Å². The summed E-state index contributed by atoms with van der Waals surface area (Å²) in [7, 11) is 0. The van der Waals surface area contributed by atoms with Gasteiger partial charge in [0.05, 0.1) is 18.0 Å². The molecule has 5 aromatic rings. The van der Waals surface area contributed by atoms with E-state index < -0.39 is 0 Å². The van der Waals surface area contributed by atoms with E-state index in [2.05, 4.69) is 4.57 Å². The van der Waals surface area contributed by atoms with E-state index in [0.717, 1.165) is 50.3 Å². The molecule has 0 radical (unpaired) electrons. The van der Waals surface area contributed by atoms with E-state index in [4.69, 9.17) is 0 Å². The number of carbonyl (C=O) groups is 2. The Labute approximate surface area is 218 Å². The number of nitrogens with zero attached hydrogens (tertiary/aromatic N) is 2. The molecule has 0 N–H and O–H groups in total. The molecule has 0 spiro atoms. The second kappa shape index (κ2) is 9.37. The maximum Gasteiger partial charge on any atom is 0.293 e. The van der Waals surface area contributed by atoms with Crippen molar-refractivity contribution in [1.82, 2.24) is 9.47 Å². The van der Waals surface area contributed by atoms with Crippen LogP contribution in [-0.2, 0) is 17.9 Å². The topological polar surface area (TPSA) is 42.3 Å². The highest BCUT2D eigenvalue weighted by Crippen LogP contribution is 2.37. The number of hydrogen-bond donors (Lipinski definition) is 0. The zero-order valence-electron chi connectivity index (χ0n) is 20.1. The van der Waals surface area contributed by atoms with Crippen molar-refractivity contribution in [3.63, 3.8) is 0 Å². The number of fused-ring (bicyclic) bond motifs is 2. The van der Waals surface area contributed by atoms with Crippen molar-refractivity contribution in [2.24, 2.45) is 0 Å².